The highest BCUT2D eigenvalue weighted by Gasteiger charge is 2.22. The molecule has 0 radical (unpaired) electrons. The molecule has 0 heterocycles. The van der Waals surface area contributed by atoms with Crippen molar-refractivity contribution in [3.8, 4) is 0 Å². The van der Waals surface area contributed by atoms with Crippen molar-refractivity contribution in [2.75, 3.05) is 0 Å². The molecule has 0 aromatic heterocycles. The lowest BCUT2D eigenvalue weighted by molar-refractivity contribution is -0.124. The number of rotatable bonds is 4. The first-order chi connectivity index (χ1) is 7.65. The van der Waals surface area contributed by atoms with Crippen LogP contribution in [-0.4, -0.2) is 18.0 Å². The van der Waals surface area contributed by atoms with Crippen molar-refractivity contribution in [2.24, 2.45) is 11.7 Å². The lowest BCUT2D eigenvalue weighted by Gasteiger charge is -2.22. The van der Waals surface area contributed by atoms with Gasteiger partial charge in [-0.2, -0.15) is 0 Å². The van der Waals surface area contributed by atoms with Crippen LogP contribution in [-0.2, 0) is 4.79 Å². The maximum absolute atomic E-state index is 11.9. The molecular weight excluding hydrogens is 200 g/mol. The van der Waals surface area contributed by atoms with Crippen molar-refractivity contribution >= 4 is 5.91 Å². The van der Waals surface area contributed by atoms with Crippen LogP contribution < -0.4 is 11.1 Å². The van der Waals surface area contributed by atoms with Crippen molar-refractivity contribution in [1.82, 2.24) is 5.32 Å². The van der Waals surface area contributed by atoms with Crippen molar-refractivity contribution in [3.05, 3.63) is 0 Å². The van der Waals surface area contributed by atoms with Crippen LogP contribution in [0.2, 0.25) is 0 Å². The maximum Gasteiger partial charge on any atom is 0.237 e. The van der Waals surface area contributed by atoms with Gasteiger partial charge >= 0.3 is 0 Å². The second-order valence-electron chi connectivity index (χ2n) is 5.11. The number of carbonyl (C=O) groups excluding carboxylic acids is 1. The lowest BCUT2D eigenvalue weighted by atomic mass is 9.98. The summed E-state index contributed by atoms with van der Waals surface area (Å²) in [7, 11) is 0. The normalized spacial score (nSPS) is 22.2. The molecule has 94 valence electrons. The Morgan fingerprint density at radius 2 is 1.88 bits per heavy atom. The molecule has 1 rings (SSSR count). The molecule has 2 atom stereocenters. The minimum atomic E-state index is -0.340. The summed E-state index contributed by atoms with van der Waals surface area (Å²) in [4.78, 5) is 11.9. The minimum absolute atomic E-state index is 0.0428. The highest BCUT2D eigenvalue weighted by atomic mass is 16.2. The summed E-state index contributed by atoms with van der Waals surface area (Å²) in [5.41, 5.74) is 5.92. The van der Waals surface area contributed by atoms with Crippen LogP contribution >= 0.6 is 0 Å². The summed E-state index contributed by atoms with van der Waals surface area (Å²) in [5, 5.41) is 3.11. The molecule has 1 saturated carbocycles. The number of nitrogens with one attached hydrogen (secondary N) is 1. The first kappa shape index (κ1) is 13.5. The number of carbonyl (C=O) groups is 1. The Kier molecular flexibility index (Phi) is 5.81. The second kappa shape index (κ2) is 6.89. The molecule has 1 aliphatic rings. The molecular formula is C13H26N2O. The highest BCUT2D eigenvalue weighted by Crippen LogP contribution is 2.17. The molecule has 3 heteroatoms. The summed E-state index contributed by atoms with van der Waals surface area (Å²) in [6, 6.07) is 0.0263. The van der Waals surface area contributed by atoms with E-state index in [0.29, 0.717) is 6.04 Å². The van der Waals surface area contributed by atoms with E-state index in [-0.39, 0.29) is 17.9 Å². The van der Waals surface area contributed by atoms with Crippen LogP contribution in [0.1, 0.15) is 58.8 Å². The Bertz CT molecular complexity index is 210. The molecule has 1 amide bonds. The minimum Gasteiger partial charge on any atom is -0.352 e. The van der Waals surface area contributed by atoms with Gasteiger partial charge in [-0.1, -0.05) is 46.0 Å². The van der Waals surface area contributed by atoms with Crippen LogP contribution in [0.15, 0.2) is 0 Å². The van der Waals surface area contributed by atoms with E-state index in [1.807, 2.05) is 6.92 Å². The first-order valence-corrected chi connectivity index (χ1v) is 6.71. The average Bonchev–Trinajstić information content (AvgIpc) is 2.55. The molecule has 0 bridgehead atoms. The standard InChI is InChI=1S/C13H26N2O/c1-3-10(2)12(14)13(16)15-11-8-6-4-5-7-9-11/h10-12H,3-9,14H2,1-2H3,(H,15,16). The van der Waals surface area contributed by atoms with Crippen LogP contribution in [0.4, 0.5) is 0 Å². The predicted molar refractivity (Wildman–Crippen MR) is 67.1 cm³/mol. The second-order valence-corrected chi connectivity index (χ2v) is 5.11. The molecule has 0 saturated heterocycles. The van der Waals surface area contributed by atoms with Gasteiger partial charge in [-0.05, 0) is 18.8 Å². The zero-order valence-electron chi connectivity index (χ0n) is 10.7. The quantitative estimate of drug-likeness (QED) is 0.722. The third-order valence-corrected chi connectivity index (χ3v) is 3.76. The summed E-state index contributed by atoms with van der Waals surface area (Å²) in [6.45, 7) is 4.11. The van der Waals surface area contributed by atoms with Crippen LogP contribution in [0, 0.1) is 5.92 Å². The Morgan fingerprint density at radius 1 is 1.31 bits per heavy atom. The van der Waals surface area contributed by atoms with Crippen LogP contribution in [0.25, 0.3) is 0 Å². The highest BCUT2D eigenvalue weighted by molar-refractivity contribution is 5.82. The van der Waals surface area contributed by atoms with Crippen LogP contribution in [0.5, 0.6) is 0 Å². The summed E-state index contributed by atoms with van der Waals surface area (Å²) >= 11 is 0. The van der Waals surface area contributed by atoms with E-state index in [2.05, 4.69) is 12.2 Å². The molecule has 3 nitrogen and oxygen atoms in total. The number of amides is 1. The van der Waals surface area contributed by atoms with E-state index in [1.165, 1.54) is 25.7 Å². The lowest BCUT2D eigenvalue weighted by Crippen LogP contribution is -2.48. The van der Waals surface area contributed by atoms with Gasteiger partial charge in [0.25, 0.3) is 0 Å². The van der Waals surface area contributed by atoms with E-state index >= 15 is 0 Å². The summed E-state index contributed by atoms with van der Waals surface area (Å²) < 4.78 is 0. The number of nitrogens with two attached hydrogens (primary N) is 1. The van der Waals surface area contributed by atoms with Crippen molar-refractivity contribution in [2.45, 2.75) is 70.9 Å². The van der Waals surface area contributed by atoms with Gasteiger partial charge in [0.2, 0.25) is 5.91 Å². The van der Waals surface area contributed by atoms with Gasteiger partial charge in [-0.3, -0.25) is 4.79 Å². The topological polar surface area (TPSA) is 55.1 Å². The van der Waals surface area contributed by atoms with Gasteiger partial charge in [0.15, 0.2) is 0 Å². The molecule has 0 aliphatic heterocycles. The Hall–Kier alpha value is -0.570. The smallest absolute Gasteiger partial charge is 0.237 e. The van der Waals surface area contributed by atoms with Crippen LogP contribution in [0.3, 0.4) is 0 Å². The van der Waals surface area contributed by atoms with Crippen molar-refractivity contribution in [3.63, 3.8) is 0 Å². The molecule has 1 aliphatic carbocycles. The number of hydrogen-bond donors (Lipinski definition) is 2. The van der Waals surface area contributed by atoms with Gasteiger partial charge in [0.1, 0.15) is 0 Å². The summed E-state index contributed by atoms with van der Waals surface area (Å²) in [5.74, 6) is 0.312. The molecule has 0 spiro atoms. The Morgan fingerprint density at radius 3 is 2.38 bits per heavy atom. The molecule has 0 aromatic rings. The molecule has 2 unspecified atom stereocenters. The molecule has 1 fully saturated rings. The van der Waals surface area contributed by atoms with Gasteiger partial charge in [-0.15, -0.1) is 0 Å². The average molecular weight is 226 g/mol. The van der Waals surface area contributed by atoms with Gasteiger partial charge < -0.3 is 11.1 Å². The van der Waals surface area contributed by atoms with Gasteiger partial charge in [0, 0.05) is 6.04 Å². The monoisotopic (exact) mass is 226 g/mol. The van der Waals surface area contributed by atoms with E-state index in [9.17, 15) is 4.79 Å². The first-order valence-electron chi connectivity index (χ1n) is 6.71. The van der Waals surface area contributed by atoms with Gasteiger partial charge in [0.05, 0.1) is 6.04 Å². The predicted octanol–water partition coefficient (Wildman–Crippen LogP) is 2.20. The third-order valence-electron chi connectivity index (χ3n) is 3.76. The molecule has 16 heavy (non-hydrogen) atoms. The van der Waals surface area contributed by atoms with E-state index in [0.717, 1.165) is 19.3 Å². The van der Waals surface area contributed by atoms with E-state index < -0.39 is 0 Å². The fourth-order valence-electron chi connectivity index (χ4n) is 2.23. The fraction of sp³-hybridized carbons (Fsp3) is 0.923. The fourth-order valence-corrected chi connectivity index (χ4v) is 2.23. The SMILES string of the molecule is CCC(C)C(N)C(=O)NC1CCCCCC1. The van der Waals surface area contributed by atoms with Crippen molar-refractivity contribution in [1.29, 1.82) is 0 Å². The Balaban J connectivity index is 2.37. The Labute approximate surface area is 99.2 Å². The van der Waals surface area contributed by atoms with Gasteiger partial charge in [-0.25, -0.2) is 0 Å². The molecule has 3 N–H and O–H groups in total. The zero-order chi connectivity index (χ0) is 12.0. The molecule has 0 aromatic carbocycles. The zero-order valence-corrected chi connectivity index (χ0v) is 10.7. The largest absolute Gasteiger partial charge is 0.352 e. The maximum atomic E-state index is 11.9. The van der Waals surface area contributed by atoms with Crippen molar-refractivity contribution < 1.29 is 4.79 Å². The third kappa shape index (κ3) is 4.12. The summed E-state index contributed by atoms with van der Waals surface area (Å²) in [6.07, 6.45) is 8.30. The van der Waals surface area contributed by atoms with E-state index in [1.54, 1.807) is 0 Å². The number of hydrogen-bond acceptors (Lipinski definition) is 2. The van der Waals surface area contributed by atoms with E-state index in [4.69, 9.17) is 5.73 Å².